The first-order valence-corrected chi connectivity index (χ1v) is 9.12. The zero-order valence-corrected chi connectivity index (χ0v) is 16.7. The van der Waals surface area contributed by atoms with E-state index in [9.17, 15) is 14.4 Å². The summed E-state index contributed by atoms with van der Waals surface area (Å²) in [6.07, 6.45) is -1.24. The second kappa shape index (κ2) is 10.3. The SMILES string of the molecule is COc1ccc(NC(=O)[C@H](C)OC(=O)C[C@H](NC(N)=O)c2ccc(Cl)cc2)cc1. The normalized spacial score (nSPS) is 12.4. The molecule has 0 bridgehead atoms. The molecule has 0 saturated carbocycles. The molecule has 2 aromatic carbocycles. The zero-order chi connectivity index (χ0) is 21.4. The molecule has 0 heterocycles. The third-order valence-electron chi connectivity index (χ3n) is 3.99. The molecule has 0 aromatic heterocycles. The van der Waals surface area contributed by atoms with Crippen molar-refractivity contribution in [1.82, 2.24) is 5.32 Å². The fourth-order valence-electron chi connectivity index (χ4n) is 2.50. The molecule has 0 aliphatic heterocycles. The molecule has 0 aliphatic carbocycles. The van der Waals surface area contributed by atoms with Crippen molar-refractivity contribution in [2.45, 2.75) is 25.5 Å². The lowest BCUT2D eigenvalue weighted by Gasteiger charge is -2.19. The van der Waals surface area contributed by atoms with Gasteiger partial charge in [0.25, 0.3) is 5.91 Å². The summed E-state index contributed by atoms with van der Waals surface area (Å²) in [5.41, 5.74) is 6.35. The van der Waals surface area contributed by atoms with Gasteiger partial charge in [-0.25, -0.2) is 4.79 Å². The first-order chi connectivity index (χ1) is 13.8. The molecule has 0 saturated heterocycles. The van der Waals surface area contributed by atoms with E-state index in [1.807, 2.05) is 0 Å². The summed E-state index contributed by atoms with van der Waals surface area (Å²) in [4.78, 5) is 35.8. The van der Waals surface area contributed by atoms with E-state index >= 15 is 0 Å². The van der Waals surface area contributed by atoms with Gasteiger partial charge in [-0.15, -0.1) is 0 Å². The van der Waals surface area contributed by atoms with Crippen LogP contribution >= 0.6 is 11.6 Å². The molecule has 3 amide bonds. The third kappa shape index (κ3) is 7.00. The summed E-state index contributed by atoms with van der Waals surface area (Å²) in [7, 11) is 1.54. The van der Waals surface area contributed by atoms with Crippen LogP contribution in [0.4, 0.5) is 10.5 Å². The molecule has 8 nitrogen and oxygen atoms in total. The van der Waals surface area contributed by atoms with E-state index in [2.05, 4.69) is 10.6 Å². The number of methoxy groups -OCH3 is 1. The predicted molar refractivity (Wildman–Crippen MR) is 109 cm³/mol. The van der Waals surface area contributed by atoms with Crippen molar-refractivity contribution < 1.29 is 23.9 Å². The lowest BCUT2D eigenvalue weighted by atomic mass is 10.0. The maximum Gasteiger partial charge on any atom is 0.312 e. The lowest BCUT2D eigenvalue weighted by molar-refractivity contribution is -0.153. The van der Waals surface area contributed by atoms with Crippen LogP contribution in [-0.4, -0.2) is 31.1 Å². The number of esters is 1. The number of urea groups is 1. The number of carbonyl (C=O) groups is 3. The van der Waals surface area contributed by atoms with E-state index in [1.54, 1.807) is 55.6 Å². The van der Waals surface area contributed by atoms with Crippen LogP contribution in [0, 0.1) is 0 Å². The highest BCUT2D eigenvalue weighted by Gasteiger charge is 2.23. The van der Waals surface area contributed by atoms with Gasteiger partial charge in [0.15, 0.2) is 6.10 Å². The number of halogens is 1. The van der Waals surface area contributed by atoms with Gasteiger partial charge in [0.05, 0.1) is 19.6 Å². The first-order valence-electron chi connectivity index (χ1n) is 8.74. The van der Waals surface area contributed by atoms with Gasteiger partial charge in [-0.2, -0.15) is 0 Å². The molecular formula is C20H22ClN3O5. The summed E-state index contributed by atoms with van der Waals surface area (Å²) >= 11 is 5.86. The average molecular weight is 420 g/mol. The molecular weight excluding hydrogens is 398 g/mol. The summed E-state index contributed by atoms with van der Waals surface area (Å²) in [6.45, 7) is 1.45. The van der Waals surface area contributed by atoms with Crippen molar-refractivity contribution in [1.29, 1.82) is 0 Å². The Morgan fingerprint density at radius 2 is 1.69 bits per heavy atom. The molecule has 9 heteroatoms. The van der Waals surface area contributed by atoms with Crippen LogP contribution in [0.2, 0.25) is 5.02 Å². The van der Waals surface area contributed by atoms with E-state index in [1.165, 1.54) is 6.92 Å². The standard InChI is InChI=1S/C20H22ClN3O5/c1-12(19(26)23-15-7-9-16(28-2)10-8-15)29-18(25)11-17(24-20(22)27)13-3-5-14(21)6-4-13/h3-10,12,17H,11H2,1-2H3,(H,23,26)(H3,22,24,27)/t12-,17-/m0/s1. The monoisotopic (exact) mass is 419 g/mol. The minimum atomic E-state index is -1.04. The van der Waals surface area contributed by atoms with E-state index in [0.717, 1.165) is 0 Å². The van der Waals surface area contributed by atoms with Gasteiger partial charge in [-0.3, -0.25) is 9.59 Å². The van der Waals surface area contributed by atoms with Crippen LogP contribution in [0.25, 0.3) is 0 Å². The number of ether oxygens (including phenoxy) is 2. The van der Waals surface area contributed by atoms with Crippen molar-refractivity contribution >= 4 is 35.2 Å². The molecule has 0 unspecified atom stereocenters. The molecule has 2 aromatic rings. The molecule has 154 valence electrons. The number of anilines is 1. The molecule has 0 aliphatic rings. The Hall–Kier alpha value is -3.26. The number of amides is 3. The van der Waals surface area contributed by atoms with Gasteiger partial charge < -0.3 is 25.8 Å². The summed E-state index contributed by atoms with van der Waals surface area (Å²) in [6, 6.07) is 11.8. The zero-order valence-electron chi connectivity index (χ0n) is 16.0. The Morgan fingerprint density at radius 3 is 2.24 bits per heavy atom. The first kappa shape index (κ1) is 22.0. The van der Waals surface area contributed by atoms with E-state index < -0.39 is 30.1 Å². The highest BCUT2D eigenvalue weighted by Crippen LogP contribution is 2.20. The van der Waals surface area contributed by atoms with Crippen molar-refractivity contribution in [2.75, 3.05) is 12.4 Å². The number of nitrogens with one attached hydrogen (secondary N) is 2. The van der Waals surface area contributed by atoms with Crippen LogP contribution in [0.3, 0.4) is 0 Å². The molecule has 2 atom stereocenters. The molecule has 4 N–H and O–H groups in total. The van der Waals surface area contributed by atoms with Gasteiger partial charge >= 0.3 is 12.0 Å². The highest BCUT2D eigenvalue weighted by atomic mass is 35.5. The fraction of sp³-hybridized carbons (Fsp3) is 0.250. The average Bonchev–Trinajstić information content (AvgIpc) is 2.68. The van der Waals surface area contributed by atoms with Crippen molar-refractivity contribution in [3.05, 3.63) is 59.1 Å². The lowest BCUT2D eigenvalue weighted by Crippen LogP contribution is -2.36. The Balaban J connectivity index is 1.95. The topological polar surface area (TPSA) is 120 Å². The van der Waals surface area contributed by atoms with Gasteiger partial charge in [-0.05, 0) is 48.9 Å². The van der Waals surface area contributed by atoms with Crippen LogP contribution in [-0.2, 0) is 14.3 Å². The van der Waals surface area contributed by atoms with Crippen LogP contribution in [0.15, 0.2) is 48.5 Å². The van der Waals surface area contributed by atoms with E-state index in [0.29, 0.717) is 22.0 Å². The minimum absolute atomic E-state index is 0.204. The molecule has 2 rings (SSSR count). The van der Waals surface area contributed by atoms with Crippen molar-refractivity contribution in [3.63, 3.8) is 0 Å². The number of rotatable bonds is 8. The highest BCUT2D eigenvalue weighted by molar-refractivity contribution is 6.30. The maximum absolute atomic E-state index is 12.3. The van der Waals surface area contributed by atoms with Crippen molar-refractivity contribution in [3.8, 4) is 5.75 Å². The number of carbonyl (C=O) groups excluding carboxylic acids is 3. The molecule has 29 heavy (non-hydrogen) atoms. The molecule has 0 spiro atoms. The minimum Gasteiger partial charge on any atom is -0.497 e. The number of hydrogen-bond acceptors (Lipinski definition) is 5. The predicted octanol–water partition coefficient (Wildman–Crippen LogP) is 3.02. The Bertz CT molecular complexity index is 855. The molecule has 0 fully saturated rings. The second-order valence-electron chi connectivity index (χ2n) is 6.17. The van der Waals surface area contributed by atoms with Gasteiger partial charge in [-0.1, -0.05) is 23.7 Å². The molecule has 0 radical (unpaired) electrons. The largest absolute Gasteiger partial charge is 0.497 e. The van der Waals surface area contributed by atoms with Gasteiger partial charge in [0.1, 0.15) is 5.75 Å². The number of hydrogen-bond donors (Lipinski definition) is 3. The van der Waals surface area contributed by atoms with E-state index in [-0.39, 0.29) is 6.42 Å². The number of benzene rings is 2. The number of primary amides is 1. The van der Waals surface area contributed by atoms with E-state index in [4.69, 9.17) is 26.8 Å². The van der Waals surface area contributed by atoms with Gasteiger partial charge in [0.2, 0.25) is 0 Å². The fourth-order valence-corrected chi connectivity index (χ4v) is 2.63. The third-order valence-corrected chi connectivity index (χ3v) is 4.25. The Kier molecular flexibility index (Phi) is 7.85. The summed E-state index contributed by atoms with van der Waals surface area (Å²) in [5, 5.41) is 5.64. The van der Waals surface area contributed by atoms with Crippen LogP contribution in [0.5, 0.6) is 5.75 Å². The smallest absolute Gasteiger partial charge is 0.312 e. The quantitative estimate of drug-likeness (QED) is 0.568. The second-order valence-corrected chi connectivity index (χ2v) is 6.60. The number of nitrogens with two attached hydrogens (primary N) is 1. The Labute approximate surface area is 173 Å². The summed E-state index contributed by atoms with van der Waals surface area (Å²) < 4.78 is 10.2. The maximum atomic E-state index is 12.3. The van der Waals surface area contributed by atoms with Crippen LogP contribution < -0.4 is 21.1 Å². The van der Waals surface area contributed by atoms with Crippen LogP contribution in [0.1, 0.15) is 24.9 Å². The van der Waals surface area contributed by atoms with Gasteiger partial charge in [0, 0.05) is 10.7 Å². The van der Waals surface area contributed by atoms with Crippen molar-refractivity contribution in [2.24, 2.45) is 5.73 Å². The Morgan fingerprint density at radius 1 is 1.07 bits per heavy atom. The summed E-state index contributed by atoms with van der Waals surface area (Å²) in [5.74, 6) is -0.511.